The number of carbonyl (C=O) groups excluding carboxylic acids is 2. The molecule has 0 bridgehead atoms. The van der Waals surface area contributed by atoms with Crippen molar-refractivity contribution in [2.45, 2.75) is 6.42 Å². The third kappa shape index (κ3) is 2.90. The number of aromatic amines is 1. The fourth-order valence-electron chi connectivity index (χ4n) is 3.30. The van der Waals surface area contributed by atoms with Gasteiger partial charge in [0.2, 0.25) is 0 Å². The van der Waals surface area contributed by atoms with E-state index < -0.39 is 0 Å². The van der Waals surface area contributed by atoms with E-state index in [1.807, 2.05) is 38.3 Å². The van der Waals surface area contributed by atoms with Gasteiger partial charge >= 0.3 is 0 Å². The van der Waals surface area contributed by atoms with Crippen LogP contribution in [0.4, 0.5) is 0 Å². The number of hydrogen-bond acceptors (Lipinski definition) is 3. The van der Waals surface area contributed by atoms with Crippen LogP contribution in [-0.4, -0.2) is 31.2 Å². The number of carbonyl (C=O) groups is 2. The first kappa shape index (κ1) is 16.2. The Labute approximate surface area is 151 Å². The van der Waals surface area contributed by atoms with Gasteiger partial charge in [-0.15, -0.1) is 0 Å². The lowest BCUT2D eigenvalue weighted by Gasteiger charge is -2.19. The number of nitrogens with one attached hydrogen (secondary N) is 3. The van der Waals surface area contributed by atoms with Crippen molar-refractivity contribution in [2.24, 2.45) is 0 Å². The third-order valence-electron chi connectivity index (χ3n) is 4.64. The molecule has 1 aliphatic rings. The van der Waals surface area contributed by atoms with Gasteiger partial charge in [-0.05, 0) is 24.1 Å². The number of imide groups is 1. The highest BCUT2D eigenvalue weighted by Crippen LogP contribution is 2.22. The van der Waals surface area contributed by atoms with Crippen molar-refractivity contribution in [1.82, 2.24) is 15.6 Å². The molecule has 6 heteroatoms. The number of amides is 2. The largest absolute Gasteiger partial charge is 0.390 e. The van der Waals surface area contributed by atoms with Gasteiger partial charge in [0.05, 0.1) is 5.57 Å². The highest BCUT2D eigenvalue weighted by Gasteiger charge is 2.26. The van der Waals surface area contributed by atoms with Crippen molar-refractivity contribution in [2.75, 3.05) is 6.54 Å². The number of benzene rings is 2. The zero-order valence-electron chi connectivity index (χ0n) is 14.4. The van der Waals surface area contributed by atoms with E-state index in [0.717, 1.165) is 17.4 Å². The SMILES string of the molecule is Bc1ccc2c(c1)/C(=C/NCCc1c[nH]c3ccccc13)C(=O)NC2=O. The van der Waals surface area contributed by atoms with Crippen molar-refractivity contribution < 1.29 is 9.59 Å². The Kier molecular flexibility index (Phi) is 4.09. The predicted octanol–water partition coefficient (Wildman–Crippen LogP) is 0.869. The number of H-pyrrole nitrogens is 1. The molecule has 0 radical (unpaired) electrons. The summed E-state index contributed by atoms with van der Waals surface area (Å²) in [6, 6.07) is 13.7. The Bertz CT molecular complexity index is 1050. The molecule has 0 fully saturated rings. The molecule has 2 aromatic carbocycles. The maximum atomic E-state index is 12.2. The molecule has 0 atom stereocenters. The molecule has 0 saturated heterocycles. The normalized spacial score (nSPS) is 15.2. The molecule has 1 aromatic heterocycles. The molecule has 3 aromatic rings. The van der Waals surface area contributed by atoms with E-state index >= 15 is 0 Å². The van der Waals surface area contributed by atoms with Crippen LogP contribution in [0.3, 0.4) is 0 Å². The summed E-state index contributed by atoms with van der Waals surface area (Å²) >= 11 is 0. The second-order valence-corrected chi connectivity index (χ2v) is 6.45. The van der Waals surface area contributed by atoms with E-state index in [0.29, 0.717) is 23.2 Å². The van der Waals surface area contributed by atoms with Crippen molar-refractivity contribution in [3.8, 4) is 0 Å². The van der Waals surface area contributed by atoms with Gasteiger partial charge in [0.15, 0.2) is 0 Å². The zero-order valence-corrected chi connectivity index (χ0v) is 14.4. The Morgan fingerprint density at radius 3 is 2.77 bits per heavy atom. The monoisotopic (exact) mass is 343 g/mol. The summed E-state index contributed by atoms with van der Waals surface area (Å²) in [5.74, 6) is -0.714. The first-order valence-electron chi connectivity index (χ1n) is 8.59. The first-order valence-corrected chi connectivity index (χ1v) is 8.59. The maximum Gasteiger partial charge on any atom is 0.260 e. The zero-order chi connectivity index (χ0) is 18.1. The number of hydrogen-bond donors (Lipinski definition) is 3. The summed E-state index contributed by atoms with van der Waals surface area (Å²) in [5, 5.41) is 6.82. The molecular formula is C20H18BN3O2. The fraction of sp³-hybridized carbons (Fsp3) is 0.100. The van der Waals surface area contributed by atoms with Crippen LogP contribution in [0.15, 0.2) is 54.9 Å². The molecule has 2 heterocycles. The van der Waals surface area contributed by atoms with Gasteiger partial charge < -0.3 is 10.3 Å². The summed E-state index contributed by atoms with van der Waals surface area (Å²) < 4.78 is 0. The van der Waals surface area contributed by atoms with E-state index in [1.54, 1.807) is 12.3 Å². The molecule has 1 aliphatic heterocycles. The van der Waals surface area contributed by atoms with Crippen LogP contribution >= 0.6 is 0 Å². The van der Waals surface area contributed by atoms with Crippen LogP contribution in [-0.2, 0) is 11.2 Å². The lowest BCUT2D eigenvalue weighted by atomic mass is 9.87. The van der Waals surface area contributed by atoms with Crippen LogP contribution in [0, 0.1) is 0 Å². The third-order valence-corrected chi connectivity index (χ3v) is 4.64. The van der Waals surface area contributed by atoms with Gasteiger partial charge in [0, 0.05) is 41.0 Å². The highest BCUT2D eigenvalue weighted by atomic mass is 16.2. The summed E-state index contributed by atoms with van der Waals surface area (Å²) in [5.41, 5.74) is 5.05. The molecule has 3 N–H and O–H groups in total. The molecule has 2 amide bonds. The quantitative estimate of drug-likeness (QED) is 0.285. The minimum atomic E-state index is -0.368. The molecule has 26 heavy (non-hydrogen) atoms. The highest BCUT2D eigenvalue weighted by molar-refractivity contribution is 6.35. The number of para-hydroxylation sites is 1. The molecular weight excluding hydrogens is 325 g/mol. The van der Waals surface area contributed by atoms with Crippen molar-refractivity contribution in [3.63, 3.8) is 0 Å². The van der Waals surface area contributed by atoms with Gasteiger partial charge in [-0.3, -0.25) is 14.9 Å². The average Bonchev–Trinajstić information content (AvgIpc) is 3.04. The molecule has 5 nitrogen and oxygen atoms in total. The summed E-state index contributed by atoms with van der Waals surface area (Å²) in [4.78, 5) is 27.5. The molecule has 128 valence electrons. The molecule has 0 aliphatic carbocycles. The van der Waals surface area contributed by atoms with Crippen molar-refractivity contribution in [3.05, 3.63) is 71.6 Å². The van der Waals surface area contributed by atoms with Gasteiger partial charge in [-0.2, -0.15) is 0 Å². The minimum Gasteiger partial charge on any atom is -0.390 e. The minimum absolute atomic E-state index is 0.346. The van der Waals surface area contributed by atoms with Crippen LogP contribution in [0.1, 0.15) is 21.5 Å². The average molecular weight is 343 g/mol. The summed E-state index contributed by atoms with van der Waals surface area (Å²) in [6.45, 7) is 0.688. The fourth-order valence-corrected chi connectivity index (χ4v) is 3.30. The number of fused-ring (bicyclic) bond motifs is 2. The van der Waals surface area contributed by atoms with E-state index in [1.165, 1.54) is 10.9 Å². The van der Waals surface area contributed by atoms with Crippen LogP contribution in [0.25, 0.3) is 16.5 Å². The Balaban J connectivity index is 1.52. The summed E-state index contributed by atoms with van der Waals surface area (Å²) in [7, 11) is 1.94. The van der Waals surface area contributed by atoms with Crippen LogP contribution in [0.5, 0.6) is 0 Å². The lowest BCUT2D eigenvalue weighted by Crippen LogP contribution is -2.37. The first-order chi connectivity index (χ1) is 12.6. The van der Waals surface area contributed by atoms with E-state index in [2.05, 4.69) is 27.8 Å². The van der Waals surface area contributed by atoms with E-state index in [9.17, 15) is 9.59 Å². The predicted molar refractivity (Wildman–Crippen MR) is 105 cm³/mol. The second kappa shape index (κ2) is 6.56. The Morgan fingerprint density at radius 1 is 1.04 bits per heavy atom. The van der Waals surface area contributed by atoms with Gasteiger partial charge in [-0.25, -0.2) is 0 Å². The summed E-state index contributed by atoms with van der Waals surface area (Å²) in [6.07, 6.45) is 4.55. The van der Waals surface area contributed by atoms with Gasteiger partial charge in [-0.1, -0.05) is 35.8 Å². The number of rotatable bonds is 4. The van der Waals surface area contributed by atoms with Gasteiger partial charge in [0.25, 0.3) is 11.8 Å². The smallest absolute Gasteiger partial charge is 0.260 e. The van der Waals surface area contributed by atoms with Gasteiger partial charge in [0.1, 0.15) is 7.85 Å². The topological polar surface area (TPSA) is 74.0 Å². The maximum absolute atomic E-state index is 12.2. The Morgan fingerprint density at radius 2 is 1.88 bits per heavy atom. The van der Waals surface area contributed by atoms with Crippen molar-refractivity contribution >= 4 is 41.6 Å². The number of aromatic nitrogens is 1. The molecule has 0 saturated carbocycles. The second-order valence-electron chi connectivity index (χ2n) is 6.45. The van der Waals surface area contributed by atoms with E-state index in [4.69, 9.17) is 0 Å². The molecule has 4 rings (SSSR count). The van der Waals surface area contributed by atoms with Crippen molar-refractivity contribution in [1.29, 1.82) is 0 Å². The van der Waals surface area contributed by atoms with Crippen LogP contribution in [0.2, 0.25) is 0 Å². The van der Waals surface area contributed by atoms with E-state index in [-0.39, 0.29) is 11.8 Å². The molecule has 0 unspecified atom stereocenters. The standard InChI is InChI=1S/C20H18BN3O2/c21-13-5-6-15-16(9-13)17(20(26)24-19(15)25)11-22-8-7-12-10-23-18-4-2-1-3-14(12)18/h1-6,9-11,22-23H,7-8,21H2,(H,24,25,26)/b17-11-. The molecule has 0 spiro atoms. The lowest BCUT2D eigenvalue weighted by molar-refractivity contribution is -0.114. The van der Waals surface area contributed by atoms with Crippen LogP contribution < -0.4 is 16.1 Å². The Hall–Kier alpha value is -3.28.